The number of benzene rings is 1. The van der Waals surface area contributed by atoms with E-state index in [1.54, 1.807) is 0 Å². The molecule has 19 heavy (non-hydrogen) atoms. The van der Waals surface area contributed by atoms with Crippen LogP contribution in [0.2, 0.25) is 0 Å². The molecule has 0 bridgehead atoms. The highest BCUT2D eigenvalue weighted by atomic mass is 19.1. The third kappa shape index (κ3) is 2.87. The third-order valence-electron chi connectivity index (χ3n) is 3.07. The Labute approximate surface area is 108 Å². The van der Waals surface area contributed by atoms with Crippen LogP contribution >= 0.6 is 0 Å². The lowest BCUT2D eigenvalue weighted by Gasteiger charge is -2.30. The second-order valence-electron chi connectivity index (χ2n) is 4.47. The number of piperidine rings is 1. The van der Waals surface area contributed by atoms with E-state index in [0.29, 0.717) is 19.4 Å². The minimum atomic E-state index is -0.781. The summed E-state index contributed by atoms with van der Waals surface area (Å²) >= 11 is 0. The van der Waals surface area contributed by atoms with E-state index in [9.17, 15) is 24.4 Å². The van der Waals surface area contributed by atoms with Gasteiger partial charge in [0.2, 0.25) is 0 Å². The van der Waals surface area contributed by atoms with E-state index in [4.69, 9.17) is 0 Å². The molecule has 1 aliphatic heterocycles. The number of rotatable bonds is 2. The number of β-amino-alcohol motifs (C(OH)–C–C–N with tert-alkyl or cyclic N) is 1. The van der Waals surface area contributed by atoms with E-state index in [1.165, 1.54) is 4.90 Å². The van der Waals surface area contributed by atoms with Crippen molar-refractivity contribution < 1.29 is 19.2 Å². The average Bonchev–Trinajstić information content (AvgIpc) is 2.37. The maximum Gasteiger partial charge on any atom is 0.285 e. The first-order chi connectivity index (χ1) is 8.99. The van der Waals surface area contributed by atoms with Crippen molar-refractivity contribution in [3.05, 3.63) is 39.7 Å². The smallest absolute Gasteiger partial charge is 0.285 e. The Kier molecular flexibility index (Phi) is 3.75. The average molecular weight is 268 g/mol. The van der Waals surface area contributed by atoms with Crippen molar-refractivity contribution >= 4 is 11.6 Å². The Hall–Kier alpha value is -2.02. The van der Waals surface area contributed by atoms with E-state index < -0.39 is 28.4 Å². The van der Waals surface area contributed by atoms with Gasteiger partial charge in [0.25, 0.3) is 11.6 Å². The fraction of sp³-hybridized carbons (Fsp3) is 0.417. The van der Waals surface area contributed by atoms with Gasteiger partial charge in [-0.25, -0.2) is 4.39 Å². The van der Waals surface area contributed by atoms with Gasteiger partial charge in [0, 0.05) is 13.1 Å². The summed E-state index contributed by atoms with van der Waals surface area (Å²) in [5.41, 5.74) is -0.703. The van der Waals surface area contributed by atoms with Crippen molar-refractivity contribution in [2.45, 2.75) is 18.9 Å². The molecule has 0 unspecified atom stereocenters. The van der Waals surface area contributed by atoms with Gasteiger partial charge in [0.15, 0.2) is 0 Å². The van der Waals surface area contributed by atoms with Crippen LogP contribution in [-0.2, 0) is 0 Å². The molecular weight excluding hydrogens is 255 g/mol. The van der Waals surface area contributed by atoms with Crippen LogP contribution in [0.15, 0.2) is 18.2 Å². The predicted octanol–water partition coefficient (Wildman–Crippen LogP) is 1.33. The van der Waals surface area contributed by atoms with Gasteiger partial charge in [-0.3, -0.25) is 14.9 Å². The number of nitro benzene ring substituents is 1. The Bertz CT molecular complexity index is 520. The first-order valence-corrected chi connectivity index (χ1v) is 5.90. The maximum absolute atomic E-state index is 13.0. The van der Waals surface area contributed by atoms with Gasteiger partial charge in [0.1, 0.15) is 11.4 Å². The molecule has 1 saturated heterocycles. The Morgan fingerprint density at radius 1 is 1.53 bits per heavy atom. The zero-order chi connectivity index (χ0) is 14.0. The summed E-state index contributed by atoms with van der Waals surface area (Å²) < 4.78 is 13.0. The molecule has 0 aliphatic carbocycles. The molecule has 0 saturated carbocycles. The number of carbonyl (C=O) groups excluding carboxylic acids is 1. The molecule has 1 heterocycles. The molecule has 6 nitrogen and oxygen atoms in total. The van der Waals surface area contributed by atoms with Crippen LogP contribution in [0, 0.1) is 15.9 Å². The number of nitro groups is 1. The number of nitrogens with zero attached hydrogens (tertiary/aromatic N) is 2. The molecule has 0 aromatic heterocycles. The SMILES string of the molecule is O=C(c1ccc(F)cc1[N+](=O)[O-])N1CCC[C@H](O)C1. The minimum Gasteiger partial charge on any atom is -0.391 e. The molecule has 1 aliphatic rings. The standard InChI is InChI=1S/C12H13FN2O4/c13-8-3-4-10(11(6-8)15(18)19)12(17)14-5-1-2-9(16)7-14/h3-4,6,9,16H,1-2,5,7H2/t9-/m0/s1. The number of aliphatic hydroxyl groups excluding tert-OH is 1. The number of amides is 1. The summed E-state index contributed by atoms with van der Waals surface area (Å²) in [5, 5.41) is 20.4. The molecular formula is C12H13FN2O4. The fourth-order valence-electron chi connectivity index (χ4n) is 2.15. The summed E-state index contributed by atoms with van der Waals surface area (Å²) in [6, 6.07) is 2.85. The van der Waals surface area contributed by atoms with Gasteiger partial charge >= 0.3 is 0 Å². The molecule has 0 spiro atoms. The zero-order valence-corrected chi connectivity index (χ0v) is 10.1. The number of aliphatic hydroxyl groups is 1. The van der Waals surface area contributed by atoms with Gasteiger partial charge < -0.3 is 10.0 Å². The predicted molar refractivity (Wildman–Crippen MR) is 64.2 cm³/mol. The monoisotopic (exact) mass is 268 g/mol. The Morgan fingerprint density at radius 2 is 2.26 bits per heavy atom. The van der Waals surface area contributed by atoms with Crippen LogP contribution in [-0.4, -0.2) is 40.0 Å². The van der Waals surface area contributed by atoms with Crippen LogP contribution in [0.5, 0.6) is 0 Å². The van der Waals surface area contributed by atoms with E-state index in [2.05, 4.69) is 0 Å². The van der Waals surface area contributed by atoms with Gasteiger partial charge in [-0.1, -0.05) is 0 Å². The van der Waals surface area contributed by atoms with Crippen molar-refractivity contribution in [1.29, 1.82) is 0 Å². The van der Waals surface area contributed by atoms with Gasteiger partial charge in [-0.2, -0.15) is 0 Å². The van der Waals surface area contributed by atoms with Crippen LogP contribution in [0.25, 0.3) is 0 Å². The maximum atomic E-state index is 13.0. The van der Waals surface area contributed by atoms with Crippen LogP contribution in [0.4, 0.5) is 10.1 Å². The normalized spacial score (nSPS) is 19.3. The Balaban J connectivity index is 2.30. The van der Waals surface area contributed by atoms with Crippen molar-refractivity contribution in [3.8, 4) is 0 Å². The van der Waals surface area contributed by atoms with Crippen molar-refractivity contribution in [2.75, 3.05) is 13.1 Å². The second kappa shape index (κ2) is 5.31. The van der Waals surface area contributed by atoms with Crippen LogP contribution in [0.1, 0.15) is 23.2 Å². The van der Waals surface area contributed by atoms with E-state index in [0.717, 1.165) is 18.2 Å². The van der Waals surface area contributed by atoms with E-state index in [1.807, 2.05) is 0 Å². The Morgan fingerprint density at radius 3 is 2.89 bits per heavy atom. The number of hydrogen-bond donors (Lipinski definition) is 1. The third-order valence-corrected chi connectivity index (χ3v) is 3.07. The summed E-state index contributed by atoms with van der Waals surface area (Å²) in [7, 11) is 0. The lowest BCUT2D eigenvalue weighted by Crippen LogP contribution is -2.42. The van der Waals surface area contributed by atoms with Gasteiger partial charge in [0.05, 0.1) is 17.1 Å². The zero-order valence-electron chi connectivity index (χ0n) is 10.1. The number of halogens is 1. The number of carbonyl (C=O) groups is 1. The lowest BCUT2D eigenvalue weighted by atomic mass is 10.1. The first kappa shape index (κ1) is 13.4. The lowest BCUT2D eigenvalue weighted by molar-refractivity contribution is -0.385. The molecule has 0 radical (unpaired) electrons. The van der Waals surface area contributed by atoms with Gasteiger partial charge in [-0.05, 0) is 25.0 Å². The molecule has 1 aromatic carbocycles. The molecule has 102 valence electrons. The summed E-state index contributed by atoms with van der Waals surface area (Å²) in [6.07, 6.45) is 0.634. The number of likely N-dealkylation sites (tertiary alicyclic amines) is 1. The molecule has 1 N–H and O–H groups in total. The minimum absolute atomic E-state index is 0.146. The molecule has 1 fully saturated rings. The van der Waals surface area contributed by atoms with E-state index >= 15 is 0 Å². The summed E-state index contributed by atoms with van der Waals surface area (Å²) in [6.45, 7) is 0.581. The molecule has 7 heteroatoms. The highest BCUT2D eigenvalue weighted by Crippen LogP contribution is 2.23. The first-order valence-electron chi connectivity index (χ1n) is 5.90. The van der Waals surface area contributed by atoms with Crippen LogP contribution < -0.4 is 0 Å². The quantitative estimate of drug-likeness (QED) is 0.648. The topological polar surface area (TPSA) is 83.7 Å². The van der Waals surface area contributed by atoms with E-state index in [-0.39, 0.29) is 12.1 Å². The van der Waals surface area contributed by atoms with Gasteiger partial charge in [-0.15, -0.1) is 0 Å². The van der Waals surface area contributed by atoms with Crippen molar-refractivity contribution in [2.24, 2.45) is 0 Å². The summed E-state index contributed by atoms with van der Waals surface area (Å²) in [4.78, 5) is 23.6. The molecule has 2 rings (SSSR count). The van der Waals surface area contributed by atoms with Crippen molar-refractivity contribution in [3.63, 3.8) is 0 Å². The fourth-order valence-corrected chi connectivity index (χ4v) is 2.15. The second-order valence-corrected chi connectivity index (χ2v) is 4.47. The van der Waals surface area contributed by atoms with Crippen LogP contribution in [0.3, 0.4) is 0 Å². The molecule has 1 atom stereocenters. The number of hydrogen-bond acceptors (Lipinski definition) is 4. The largest absolute Gasteiger partial charge is 0.391 e. The molecule has 1 amide bonds. The van der Waals surface area contributed by atoms with Crippen molar-refractivity contribution in [1.82, 2.24) is 4.90 Å². The molecule has 1 aromatic rings. The highest BCUT2D eigenvalue weighted by molar-refractivity contribution is 5.98. The highest BCUT2D eigenvalue weighted by Gasteiger charge is 2.28. The summed E-state index contributed by atoms with van der Waals surface area (Å²) in [5.74, 6) is -1.31.